The summed E-state index contributed by atoms with van der Waals surface area (Å²) in [6.45, 7) is 2.81. The van der Waals surface area contributed by atoms with E-state index in [1.807, 2.05) is 6.92 Å². The first-order valence-electron chi connectivity index (χ1n) is 7.32. The molecule has 1 aliphatic rings. The van der Waals surface area contributed by atoms with Gasteiger partial charge < -0.3 is 5.32 Å². The van der Waals surface area contributed by atoms with Crippen LogP contribution in [0.5, 0.6) is 0 Å². The molecule has 1 aliphatic heterocycles. The van der Waals surface area contributed by atoms with Crippen molar-refractivity contribution in [2.24, 2.45) is 0 Å². The number of hydrogen-bond acceptors (Lipinski definition) is 2. The highest BCUT2D eigenvalue weighted by Gasteiger charge is 2.39. The molecule has 0 amide bonds. The van der Waals surface area contributed by atoms with Gasteiger partial charge in [0, 0.05) is 6.42 Å². The van der Waals surface area contributed by atoms with Gasteiger partial charge in [0.05, 0.1) is 11.1 Å². The van der Waals surface area contributed by atoms with E-state index in [9.17, 15) is 18.0 Å². The molecule has 1 fully saturated rings. The van der Waals surface area contributed by atoms with E-state index in [-0.39, 0.29) is 12.2 Å². The Bertz CT molecular complexity index is 504. The number of alkyl halides is 3. The number of ketones is 1. The summed E-state index contributed by atoms with van der Waals surface area (Å²) >= 11 is 0. The predicted molar refractivity (Wildman–Crippen MR) is 75.0 cm³/mol. The second-order valence-electron chi connectivity index (χ2n) is 5.66. The fraction of sp³-hybridized carbons (Fsp3) is 0.562. The normalized spacial score (nSPS) is 22.5. The number of hydrogen-bond donors (Lipinski definition) is 1. The molecule has 1 aromatic rings. The highest BCUT2D eigenvalue weighted by molar-refractivity contribution is 5.90. The Morgan fingerprint density at radius 2 is 2.14 bits per heavy atom. The van der Waals surface area contributed by atoms with Gasteiger partial charge in [-0.2, -0.15) is 13.2 Å². The van der Waals surface area contributed by atoms with E-state index in [4.69, 9.17) is 0 Å². The third-order valence-corrected chi connectivity index (χ3v) is 4.07. The summed E-state index contributed by atoms with van der Waals surface area (Å²) in [5.74, 6) is 0.00109. The second-order valence-corrected chi connectivity index (χ2v) is 5.66. The molecule has 0 saturated carbocycles. The summed E-state index contributed by atoms with van der Waals surface area (Å²) in [5.41, 5.74) is -0.807. The van der Waals surface area contributed by atoms with Crippen molar-refractivity contribution in [3.8, 4) is 0 Å². The van der Waals surface area contributed by atoms with Crippen molar-refractivity contribution in [3.05, 3.63) is 35.4 Å². The first-order chi connectivity index (χ1) is 9.87. The van der Waals surface area contributed by atoms with Gasteiger partial charge in [0.1, 0.15) is 0 Å². The lowest BCUT2D eigenvalue weighted by molar-refractivity contribution is -0.137. The molecule has 0 radical (unpaired) electrons. The van der Waals surface area contributed by atoms with Crippen molar-refractivity contribution in [1.82, 2.24) is 5.32 Å². The van der Waals surface area contributed by atoms with Gasteiger partial charge in [-0.3, -0.25) is 4.79 Å². The van der Waals surface area contributed by atoms with Gasteiger partial charge in [-0.25, -0.2) is 0 Å². The summed E-state index contributed by atoms with van der Waals surface area (Å²) < 4.78 is 38.1. The van der Waals surface area contributed by atoms with Crippen molar-refractivity contribution in [2.45, 2.75) is 50.7 Å². The van der Waals surface area contributed by atoms with E-state index in [0.29, 0.717) is 5.56 Å². The molecule has 0 aliphatic carbocycles. The van der Waals surface area contributed by atoms with Crippen LogP contribution >= 0.6 is 0 Å². The van der Waals surface area contributed by atoms with Crippen LogP contribution in [0.3, 0.4) is 0 Å². The average molecular weight is 299 g/mol. The molecule has 1 atom stereocenters. The highest BCUT2D eigenvalue weighted by atomic mass is 19.4. The van der Waals surface area contributed by atoms with Crippen LogP contribution in [0.15, 0.2) is 24.3 Å². The molecule has 0 aromatic heterocycles. The SMILES string of the molecule is CCCC1(C(=O)Cc2cccc(C(F)(F)F)c2)CCCN1. The molecule has 1 heterocycles. The van der Waals surface area contributed by atoms with Crippen LogP contribution < -0.4 is 5.32 Å². The zero-order valence-corrected chi connectivity index (χ0v) is 12.1. The molecular formula is C16H20F3NO. The Balaban J connectivity index is 2.15. The monoisotopic (exact) mass is 299 g/mol. The van der Waals surface area contributed by atoms with Gasteiger partial charge in [-0.15, -0.1) is 0 Å². The van der Waals surface area contributed by atoms with E-state index in [2.05, 4.69) is 5.32 Å². The van der Waals surface area contributed by atoms with Crippen LogP contribution in [0.25, 0.3) is 0 Å². The molecule has 1 N–H and O–H groups in total. The zero-order chi connectivity index (χ0) is 15.5. The first-order valence-corrected chi connectivity index (χ1v) is 7.32. The van der Waals surface area contributed by atoms with Crippen LogP contribution in [0.2, 0.25) is 0 Å². The highest BCUT2D eigenvalue weighted by Crippen LogP contribution is 2.31. The maximum atomic E-state index is 12.7. The number of Topliss-reactive ketones (excluding diaryl/α,β-unsaturated/α-hetero) is 1. The number of benzene rings is 1. The number of rotatable bonds is 5. The minimum absolute atomic E-state index is 0.00109. The number of nitrogens with one attached hydrogen (secondary N) is 1. The standard InChI is InChI=1S/C16H20F3NO/c1-2-7-15(8-4-9-20-15)14(21)11-12-5-3-6-13(10-12)16(17,18)19/h3,5-6,10,20H,2,4,7-9,11H2,1H3. The predicted octanol–water partition coefficient (Wildman–Crippen LogP) is 3.74. The topological polar surface area (TPSA) is 29.1 Å². The lowest BCUT2D eigenvalue weighted by Gasteiger charge is -2.27. The Morgan fingerprint density at radius 3 is 2.71 bits per heavy atom. The van der Waals surface area contributed by atoms with Crippen molar-refractivity contribution in [2.75, 3.05) is 6.54 Å². The summed E-state index contributed by atoms with van der Waals surface area (Å²) in [6, 6.07) is 5.05. The van der Waals surface area contributed by atoms with E-state index in [0.717, 1.165) is 44.4 Å². The molecule has 0 spiro atoms. The van der Waals surface area contributed by atoms with Crippen LogP contribution in [-0.4, -0.2) is 17.9 Å². The third kappa shape index (κ3) is 3.64. The van der Waals surface area contributed by atoms with Crippen molar-refractivity contribution in [1.29, 1.82) is 0 Å². The maximum absolute atomic E-state index is 12.7. The Kier molecular flexibility index (Phi) is 4.71. The zero-order valence-electron chi connectivity index (χ0n) is 12.1. The van der Waals surface area contributed by atoms with E-state index >= 15 is 0 Å². The van der Waals surface area contributed by atoms with E-state index < -0.39 is 17.3 Å². The molecule has 1 unspecified atom stereocenters. The van der Waals surface area contributed by atoms with Gasteiger partial charge in [-0.05, 0) is 37.4 Å². The number of carbonyl (C=O) groups is 1. The molecule has 1 saturated heterocycles. The minimum atomic E-state index is -4.37. The lowest BCUT2D eigenvalue weighted by atomic mass is 9.84. The molecule has 0 bridgehead atoms. The summed E-state index contributed by atoms with van der Waals surface area (Å²) in [7, 11) is 0. The van der Waals surface area contributed by atoms with Crippen molar-refractivity contribution in [3.63, 3.8) is 0 Å². The van der Waals surface area contributed by atoms with Gasteiger partial charge in [-0.1, -0.05) is 31.5 Å². The largest absolute Gasteiger partial charge is 0.416 e. The smallest absolute Gasteiger partial charge is 0.305 e. The molecule has 1 aromatic carbocycles. The Hall–Kier alpha value is -1.36. The minimum Gasteiger partial charge on any atom is -0.305 e. The molecule has 21 heavy (non-hydrogen) atoms. The van der Waals surface area contributed by atoms with Crippen LogP contribution in [0, 0.1) is 0 Å². The first kappa shape index (κ1) is 16.0. The molecule has 2 rings (SSSR count). The van der Waals surface area contributed by atoms with Gasteiger partial charge >= 0.3 is 6.18 Å². The second kappa shape index (κ2) is 6.18. The van der Waals surface area contributed by atoms with E-state index in [1.54, 1.807) is 6.07 Å². The lowest BCUT2D eigenvalue weighted by Crippen LogP contribution is -2.48. The molecule has 116 valence electrons. The summed E-state index contributed by atoms with van der Waals surface area (Å²) in [4.78, 5) is 12.5. The van der Waals surface area contributed by atoms with E-state index in [1.165, 1.54) is 6.07 Å². The van der Waals surface area contributed by atoms with Gasteiger partial charge in [0.15, 0.2) is 5.78 Å². The fourth-order valence-electron chi connectivity index (χ4n) is 3.04. The van der Waals surface area contributed by atoms with Gasteiger partial charge in [0.25, 0.3) is 0 Å². The van der Waals surface area contributed by atoms with Crippen LogP contribution in [0.1, 0.15) is 43.7 Å². The van der Waals surface area contributed by atoms with Crippen molar-refractivity contribution < 1.29 is 18.0 Å². The molecule has 5 heteroatoms. The van der Waals surface area contributed by atoms with Crippen LogP contribution in [-0.2, 0) is 17.4 Å². The fourth-order valence-corrected chi connectivity index (χ4v) is 3.04. The quantitative estimate of drug-likeness (QED) is 0.897. The maximum Gasteiger partial charge on any atom is 0.416 e. The number of halogens is 3. The Morgan fingerprint density at radius 1 is 1.38 bits per heavy atom. The average Bonchev–Trinajstić information content (AvgIpc) is 2.88. The molecular weight excluding hydrogens is 279 g/mol. The third-order valence-electron chi connectivity index (χ3n) is 4.07. The summed E-state index contributed by atoms with van der Waals surface area (Å²) in [6.07, 6.45) is -0.984. The van der Waals surface area contributed by atoms with Gasteiger partial charge in [0.2, 0.25) is 0 Å². The van der Waals surface area contributed by atoms with Crippen molar-refractivity contribution >= 4 is 5.78 Å². The number of carbonyl (C=O) groups excluding carboxylic acids is 1. The van der Waals surface area contributed by atoms with Crippen LogP contribution in [0.4, 0.5) is 13.2 Å². The Labute approximate surface area is 122 Å². The summed E-state index contributed by atoms with van der Waals surface area (Å²) in [5, 5.41) is 3.26. The molecule has 2 nitrogen and oxygen atoms in total.